The number of nitrogens with zero attached hydrogens (tertiary/aromatic N) is 2. The maximum Gasteiger partial charge on any atom is 0.207 e. The van der Waals surface area contributed by atoms with Gasteiger partial charge in [0.2, 0.25) is 5.95 Å². The number of aryl methyl sites for hydroxylation is 2. The van der Waals surface area contributed by atoms with Gasteiger partial charge in [0.15, 0.2) is 0 Å². The fourth-order valence-corrected chi connectivity index (χ4v) is 1.91. The van der Waals surface area contributed by atoms with Gasteiger partial charge in [-0.3, -0.25) is 4.57 Å². The quantitative estimate of drug-likeness (QED) is 0.909. The molecule has 0 radical (unpaired) electrons. The van der Waals surface area contributed by atoms with Gasteiger partial charge in [0, 0.05) is 12.7 Å². The molecule has 0 amide bonds. The fraction of sp³-hybridized carbons (Fsp3) is 0.400. The molecule has 2 aromatic rings. The lowest BCUT2D eigenvalue weighted by atomic mass is 10.2. The summed E-state index contributed by atoms with van der Waals surface area (Å²) in [4.78, 5) is 4.41. The number of aromatic nitrogens is 2. The smallest absolute Gasteiger partial charge is 0.207 e. The standard InChI is InChI=1S/C15H20FN3/c1-10(2)8-17-15-18-12(4)9-19(15)14-7-11(3)5-6-13(14)16/h5-7,9-10H,8H2,1-4H3,(H,17,18). The van der Waals surface area contributed by atoms with Crippen molar-refractivity contribution in [1.82, 2.24) is 9.55 Å². The van der Waals surface area contributed by atoms with E-state index in [4.69, 9.17) is 0 Å². The summed E-state index contributed by atoms with van der Waals surface area (Å²) in [6, 6.07) is 5.09. The molecule has 0 atom stereocenters. The molecule has 1 N–H and O–H groups in total. The number of rotatable bonds is 4. The molecule has 1 aromatic heterocycles. The molecule has 19 heavy (non-hydrogen) atoms. The predicted octanol–water partition coefficient (Wildman–Crippen LogP) is 3.70. The van der Waals surface area contributed by atoms with Crippen LogP contribution in [0.2, 0.25) is 0 Å². The summed E-state index contributed by atoms with van der Waals surface area (Å²) in [7, 11) is 0. The second-order valence-electron chi connectivity index (χ2n) is 5.31. The Balaban J connectivity index is 2.40. The Hall–Kier alpha value is -1.84. The average molecular weight is 261 g/mol. The van der Waals surface area contributed by atoms with Gasteiger partial charge in [0.05, 0.1) is 11.4 Å². The molecule has 0 fully saturated rings. The van der Waals surface area contributed by atoms with Gasteiger partial charge in [-0.2, -0.15) is 0 Å². The van der Waals surface area contributed by atoms with Crippen LogP contribution in [0.3, 0.4) is 0 Å². The highest BCUT2D eigenvalue weighted by Gasteiger charge is 2.11. The van der Waals surface area contributed by atoms with Crippen LogP contribution in [-0.4, -0.2) is 16.1 Å². The summed E-state index contributed by atoms with van der Waals surface area (Å²) < 4.78 is 15.7. The zero-order valence-electron chi connectivity index (χ0n) is 11.9. The molecule has 0 aliphatic carbocycles. The number of hydrogen-bond donors (Lipinski definition) is 1. The Morgan fingerprint density at radius 2 is 2.05 bits per heavy atom. The summed E-state index contributed by atoms with van der Waals surface area (Å²) in [5.41, 5.74) is 2.43. The lowest BCUT2D eigenvalue weighted by Crippen LogP contribution is -2.12. The van der Waals surface area contributed by atoms with Crippen LogP contribution in [-0.2, 0) is 0 Å². The normalized spacial score (nSPS) is 11.1. The molecule has 0 unspecified atom stereocenters. The van der Waals surface area contributed by atoms with Gasteiger partial charge >= 0.3 is 0 Å². The minimum Gasteiger partial charge on any atom is -0.355 e. The van der Waals surface area contributed by atoms with Crippen molar-refractivity contribution in [1.29, 1.82) is 0 Å². The lowest BCUT2D eigenvalue weighted by molar-refractivity contribution is 0.617. The zero-order valence-corrected chi connectivity index (χ0v) is 11.9. The van der Waals surface area contributed by atoms with Crippen LogP contribution in [0, 0.1) is 25.6 Å². The van der Waals surface area contributed by atoms with Gasteiger partial charge in [0.1, 0.15) is 5.82 Å². The topological polar surface area (TPSA) is 29.9 Å². The summed E-state index contributed by atoms with van der Waals surface area (Å²) >= 11 is 0. The SMILES string of the molecule is Cc1ccc(F)c(-n2cc(C)nc2NCC(C)C)c1. The van der Waals surface area contributed by atoms with Crippen molar-refractivity contribution < 1.29 is 4.39 Å². The molecule has 0 saturated heterocycles. The van der Waals surface area contributed by atoms with Crippen molar-refractivity contribution in [3.63, 3.8) is 0 Å². The predicted molar refractivity (Wildman–Crippen MR) is 76.3 cm³/mol. The van der Waals surface area contributed by atoms with E-state index in [-0.39, 0.29) is 5.82 Å². The van der Waals surface area contributed by atoms with E-state index >= 15 is 0 Å². The van der Waals surface area contributed by atoms with Crippen molar-refractivity contribution in [3.8, 4) is 5.69 Å². The molecule has 1 aromatic carbocycles. The average Bonchev–Trinajstić information content (AvgIpc) is 2.71. The van der Waals surface area contributed by atoms with E-state index in [2.05, 4.69) is 24.1 Å². The van der Waals surface area contributed by atoms with E-state index in [1.165, 1.54) is 6.07 Å². The minimum atomic E-state index is -0.240. The molecule has 0 saturated carbocycles. The highest BCUT2D eigenvalue weighted by atomic mass is 19.1. The maximum atomic E-state index is 14.0. The summed E-state index contributed by atoms with van der Waals surface area (Å²) in [5, 5.41) is 3.26. The molecular weight excluding hydrogens is 241 g/mol. The van der Waals surface area contributed by atoms with E-state index in [1.807, 2.05) is 26.1 Å². The minimum absolute atomic E-state index is 0.240. The third-order valence-corrected chi connectivity index (χ3v) is 2.86. The number of hydrogen-bond acceptors (Lipinski definition) is 2. The van der Waals surface area contributed by atoms with Crippen LogP contribution in [0.25, 0.3) is 5.69 Å². The number of benzene rings is 1. The molecule has 2 rings (SSSR count). The Kier molecular flexibility index (Phi) is 3.88. The second kappa shape index (κ2) is 5.43. The third kappa shape index (κ3) is 3.13. The van der Waals surface area contributed by atoms with Crippen molar-refractivity contribution in [2.24, 2.45) is 5.92 Å². The van der Waals surface area contributed by atoms with Gasteiger partial charge < -0.3 is 5.32 Å². The first-order valence-corrected chi connectivity index (χ1v) is 6.53. The summed E-state index contributed by atoms with van der Waals surface area (Å²) in [6.07, 6.45) is 1.85. The molecule has 4 heteroatoms. The lowest BCUT2D eigenvalue weighted by Gasteiger charge is -2.12. The monoisotopic (exact) mass is 261 g/mol. The summed E-state index contributed by atoms with van der Waals surface area (Å²) in [5.74, 6) is 0.958. The first-order chi connectivity index (χ1) is 8.97. The van der Waals surface area contributed by atoms with Gasteiger partial charge in [-0.05, 0) is 37.5 Å². The summed E-state index contributed by atoms with van der Waals surface area (Å²) in [6.45, 7) is 8.92. The van der Waals surface area contributed by atoms with Crippen molar-refractivity contribution in [2.75, 3.05) is 11.9 Å². The second-order valence-corrected chi connectivity index (χ2v) is 5.31. The highest BCUT2D eigenvalue weighted by molar-refractivity contribution is 5.45. The number of nitrogens with one attached hydrogen (secondary N) is 1. The first kappa shape index (κ1) is 13.6. The first-order valence-electron chi connectivity index (χ1n) is 6.53. The van der Waals surface area contributed by atoms with Crippen LogP contribution in [0.1, 0.15) is 25.1 Å². The van der Waals surface area contributed by atoms with Crippen LogP contribution in [0.4, 0.5) is 10.3 Å². The Labute approximate surface area is 113 Å². The zero-order chi connectivity index (χ0) is 14.0. The van der Waals surface area contributed by atoms with E-state index in [0.29, 0.717) is 17.6 Å². The van der Waals surface area contributed by atoms with E-state index in [1.54, 1.807) is 10.6 Å². The molecule has 0 aliphatic rings. The molecule has 0 aliphatic heterocycles. The molecule has 0 bridgehead atoms. The maximum absolute atomic E-state index is 14.0. The molecule has 3 nitrogen and oxygen atoms in total. The number of anilines is 1. The highest BCUT2D eigenvalue weighted by Crippen LogP contribution is 2.21. The van der Waals surface area contributed by atoms with Crippen molar-refractivity contribution in [2.45, 2.75) is 27.7 Å². The van der Waals surface area contributed by atoms with Crippen LogP contribution < -0.4 is 5.32 Å². The Bertz CT molecular complexity index is 573. The Morgan fingerprint density at radius 3 is 2.74 bits per heavy atom. The van der Waals surface area contributed by atoms with Crippen molar-refractivity contribution in [3.05, 3.63) is 41.5 Å². The molecule has 1 heterocycles. The Morgan fingerprint density at radius 1 is 1.32 bits per heavy atom. The van der Waals surface area contributed by atoms with Gasteiger partial charge in [-0.25, -0.2) is 9.37 Å². The van der Waals surface area contributed by atoms with Crippen molar-refractivity contribution >= 4 is 5.95 Å². The van der Waals surface area contributed by atoms with E-state index in [0.717, 1.165) is 17.8 Å². The molecule has 0 spiro atoms. The van der Waals surface area contributed by atoms with Crippen LogP contribution in [0.5, 0.6) is 0 Å². The van der Waals surface area contributed by atoms with E-state index < -0.39 is 0 Å². The third-order valence-electron chi connectivity index (χ3n) is 2.86. The number of imidazole rings is 1. The van der Waals surface area contributed by atoms with Gasteiger partial charge in [0.25, 0.3) is 0 Å². The van der Waals surface area contributed by atoms with Crippen LogP contribution >= 0.6 is 0 Å². The van der Waals surface area contributed by atoms with Crippen LogP contribution in [0.15, 0.2) is 24.4 Å². The molecular formula is C15H20FN3. The van der Waals surface area contributed by atoms with E-state index in [9.17, 15) is 4.39 Å². The molecule has 102 valence electrons. The van der Waals surface area contributed by atoms with Gasteiger partial charge in [-0.1, -0.05) is 19.9 Å². The largest absolute Gasteiger partial charge is 0.355 e. The fourth-order valence-electron chi connectivity index (χ4n) is 1.91. The number of halogens is 1. The van der Waals surface area contributed by atoms with Gasteiger partial charge in [-0.15, -0.1) is 0 Å².